The third-order valence-corrected chi connectivity index (χ3v) is 20.2. The number of allylic oxidation sites excluding steroid dienone is 4. The summed E-state index contributed by atoms with van der Waals surface area (Å²) in [4.78, 5) is 107. The van der Waals surface area contributed by atoms with Gasteiger partial charge in [-0.05, 0) is 116 Å². The lowest BCUT2D eigenvalue weighted by Crippen LogP contribution is -2.63. The van der Waals surface area contributed by atoms with Crippen LogP contribution >= 0.6 is 0 Å². The van der Waals surface area contributed by atoms with E-state index in [1.54, 1.807) is 52.3 Å². The maximum atomic E-state index is 14.0. The molecule has 4 heterocycles. The Labute approximate surface area is 515 Å². The van der Waals surface area contributed by atoms with E-state index in [0.29, 0.717) is 61.5 Å². The molecule has 464 valence electrons. The number of nitrogens with one attached hydrogen (secondary N) is 3. The van der Waals surface area contributed by atoms with Crippen LogP contribution in [-0.2, 0) is 72.1 Å². The van der Waals surface area contributed by atoms with Gasteiger partial charge in [-0.2, -0.15) is 0 Å². The van der Waals surface area contributed by atoms with Crippen molar-refractivity contribution in [3.8, 4) is 11.8 Å². The Bertz CT molecular complexity index is 3620. The van der Waals surface area contributed by atoms with Crippen LogP contribution in [0.25, 0.3) is 0 Å². The molecule has 11 atom stereocenters. The van der Waals surface area contributed by atoms with Gasteiger partial charge in [-0.3, -0.25) is 33.6 Å². The number of benzene rings is 4. The molecule has 3 saturated carbocycles. The fourth-order valence-electron chi connectivity index (χ4n) is 15.8. The normalized spacial score (nSPS) is 28.5. The molecule has 0 bridgehead atoms. The number of amides is 5. The number of nitrogens with zero attached hydrogens (tertiary/aromatic N) is 2. The second-order valence-corrected chi connectivity index (χ2v) is 25.8. The molecule has 0 aromatic heterocycles. The zero-order valence-corrected chi connectivity index (χ0v) is 49.7. The molecule has 1 spiro atoms. The Kier molecular flexibility index (Phi) is 16.8. The highest BCUT2D eigenvalue weighted by molar-refractivity contribution is 6.01. The molecule has 89 heavy (non-hydrogen) atoms. The van der Waals surface area contributed by atoms with Crippen LogP contribution in [0.1, 0.15) is 111 Å². The van der Waals surface area contributed by atoms with Gasteiger partial charge in [0.25, 0.3) is 0 Å². The average molecular weight is 1210 g/mol. The largest absolute Gasteiger partial charge is 0.481 e. The quantitative estimate of drug-likeness (QED) is 0.0589. The van der Waals surface area contributed by atoms with Crippen molar-refractivity contribution in [1.82, 2.24) is 15.5 Å². The van der Waals surface area contributed by atoms with Crippen molar-refractivity contribution >= 4 is 58.6 Å². The molecule has 12 rings (SSSR count). The van der Waals surface area contributed by atoms with E-state index in [4.69, 9.17) is 18.9 Å². The van der Waals surface area contributed by atoms with E-state index in [-0.39, 0.29) is 73.4 Å². The summed E-state index contributed by atoms with van der Waals surface area (Å²) in [5, 5.41) is 39.5. The lowest BCUT2D eigenvalue weighted by molar-refractivity contribution is -0.201. The number of para-hydroxylation sites is 1. The highest BCUT2D eigenvalue weighted by atomic mass is 16.7. The molecule has 4 aromatic carbocycles. The monoisotopic (exact) mass is 1210 g/mol. The summed E-state index contributed by atoms with van der Waals surface area (Å²) in [5.41, 5.74) is 3.82. The molecule has 4 aliphatic heterocycles. The lowest BCUT2D eigenvalue weighted by atomic mass is 9.46. The number of anilines is 2. The SMILES string of the molecule is C[C@]12C=CC(=O)C=C1CC[C@@H]1[C@@H]2[C@@H](O)C[C@@]2(C)[C@H]1C[C@H]1O[C@@H](c3ccc(CC4CC5(CO4)CN(C(=O)OCc4ccc(NC(=O)[C@H](CCC(=O)O)NC(=O)CNC(=O)CCC(=O)N6Cc7ccccc7C#Cc7ccccc76)cc4)C5)cc3)O[C@]12C(=O)CO. The van der Waals surface area contributed by atoms with Crippen LogP contribution in [0.15, 0.2) is 121 Å². The fourth-order valence-corrected chi connectivity index (χ4v) is 15.8. The molecule has 0 radical (unpaired) electrons. The fraction of sp³-hybridized carbons (Fsp3) is 0.449. The van der Waals surface area contributed by atoms with Gasteiger partial charge in [0, 0.05) is 76.9 Å². The van der Waals surface area contributed by atoms with E-state index in [1.165, 1.54) is 0 Å². The Morgan fingerprint density at radius 1 is 0.854 bits per heavy atom. The second kappa shape index (κ2) is 24.6. The highest BCUT2D eigenvalue weighted by Crippen LogP contribution is 2.70. The molecule has 20 nitrogen and oxygen atoms in total. The first-order valence-electron chi connectivity index (χ1n) is 30.7. The number of hydrogen-bond donors (Lipinski definition) is 6. The summed E-state index contributed by atoms with van der Waals surface area (Å²) >= 11 is 0. The van der Waals surface area contributed by atoms with Gasteiger partial charge in [0.1, 0.15) is 19.3 Å². The predicted molar refractivity (Wildman–Crippen MR) is 322 cm³/mol. The summed E-state index contributed by atoms with van der Waals surface area (Å²) in [6.07, 6.45) is 5.19. The van der Waals surface area contributed by atoms with E-state index in [1.807, 2.05) is 79.7 Å². The van der Waals surface area contributed by atoms with Crippen LogP contribution in [0.2, 0.25) is 0 Å². The number of likely N-dealkylation sites (tertiary alicyclic amines) is 1. The third-order valence-electron chi connectivity index (χ3n) is 20.2. The topological polar surface area (TPSA) is 277 Å². The molecular formula is C69H73N5O15. The van der Waals surface area contributed by atoms with Crippen LogP contribution in [-0.4, -0.2) is 130 Å². The number of ketones is 2. The summed E-state index contributed by atoms with van der Waals surface area (Å²) < 4.78 is 25.4. The number of aliphatic hydroxyl groups is 2. The van der Waals surface area contributed by atoms with Crippen LogP contribution in [0.5, 0.6) is 0 Å². The molecule has 3 saturated heterocycles. The van der Waals surface area contributed by atoms with Crippen molar-refractivity contribution < 1.29 is 72.6 Å². The number of fused-ring (bicyclic) bond motifs is 9. The number of carbonyl (C=O) groups excluding carboxylic acids is 7. The van der Waals surface area contributed by atoms with Gasteiger partial charge in [-0.25, -0.2) is 4.79 Å². The van der Waals surface area contributed by atoms with Crippen molar-refractivity contribution in [1.29, 1.82) is 0 Å². The standard InChI is InChI=1S/C69H73N5O15/c1-66-28-27-49(76)30-47(66)19-22-51-52-31-57-69(56(78)36-75,67(52,2)33-55(77)62(51)66)89-64(88-57)45-15-11-41(12-16-45)29-50-32-68(40-87-50)38-73(39-68)65(85)86-37-42-13-20-48(21-14-42)71-63(84)53(23-26-61(82)83)72-59(80)34-70-58(79)24-25-60(81)74-35-46-9-4-3-7-43(46)17-18-44-8-5-6-10-54(44)74/h3-16,20-21,27-28,30,50-53,55,57,62,64,75,77H,19,22-26,29,31-40H2,1-2H3,(H,70,79)(H,71,84)(H,72,80)(H,82,83)/t50?,51-,52-,53-,55-,57+,62+,64+,66-,67-,69+/m0/s1. The van der Waals surface area contributed by atoms with Crippen molar-refractivity contribution in [2.75, 3.05) is 43.1 Å². The predicted octanol–water partition coefficient (Wildman–Crippen LogP) is 6.39. The van der Waals surface area contributed by atoms with Gasteiger partial charge in [0.2, 0.25) is 23.6 Å². The number of carboxylic acids is 1. The van der Waals surface area contributed by atoms with E-state index in [0.717, 1.165) is 47.1 Å². The molecule has 1 unspecified atom stereocenters. The Morgan fingerprint density at radius 3 is 2.35 bits per heavy atom. The molecular weight excluding hydrogens is 1140 g/mol. The third kappa shape index (κ3) is 11.8. The number of rotatable bonds is 18. The Morgan fingerprint density at radius 2 is 1.58 bits per heavy atom. The van der Waals surface area contributed by atoms with Crippen LogP contribution in [0.4, 0.5) is 16.2 Å². The number of Topliss-reactive ketones (excluding diaryl/α,β-unsaturated/α-hetero) is 1. The average Bonchev–Trinajstić information content (AvgIpc) is 1.55. The number of hydrogen-bond acceptors (Lipinski definition) is 14. The molecule has 4 aliphatic carbocycles. The van der Waals surface area contributed by atoms with Crippen LogP contribution < -0.4 is 20.9 Å². The lowest BCUT2D eigenvalue weighted by Gasteiger charge is -2.59. The Balaban J connectivity index is 0.573. The summed E-state index contributed by atoms with van der Waals surface area (Å²) in [6, 6.07) is 27.9. The second-order valence-electron chi connectivity index (χ2n) is 25.8. The van der Waals surface area contributed by atoms with Crippen LogP contribution in [0, 0.1) is 45.8 Å². The van der Waals surface area contributed by atoms with E-state index < -0.39 is 96.1 Å². The number of aliphatic hydroxyl groups excluding tert-OH is 2. The smallest absolute Gasteiger partial charge is 0.410 e. The molecule has 8 aliphatic rings. The van der Waals surface area contributed by atoms with Gasteiger partial charge >= 0.3 is 12.1 Å². The van der Waals surface area contributed by atoms with Gasteiger partial charge in [0.05, 0.1) is 43.7 Å². The first-order chi connectivity index (χ1) is 42.8. The highest BCUT2D eigenvalue weighted by Gasteiger charge is 2.76. The first kappa shape index (κ1) is 60.9. The molecule has 20 heteroatoms. The van der Waals surface area contributed by atoms with Gasteiger partial charge in [0.15, 0.2) is 23.5 Å². The van der Waals surface area contributed by atoms with Crippen molar-refractivity contribution in [2.45, 2.75) is 127 Å². The zero-order valence-electron chi connectivity index (χ0n) is 49.7. The summed E-state index contributed by atoms with van der Waals surface area (Å²) in [6.45, 7) is 4.55. The molecule has 4 aromatic rings. The van der Waals surface area contributed by atoms with Crippen molar-refractivity contribution in [3.05, 3.63) is 154 Å². The minimum Gasteiger partial charge on any atom is -0.481 e. The minimum atomic E-state index is -1.45. The van der Waals surface area contributed by atoms with Crippen molar-refractivity contribution in [3.63, 3.8) is 0 Å². The van der Waals surface area contributed by atoms with Crippen LogP contribution in [0.3, 0.4) is 0 Å². The minimum absolute atomic E-state index is 0.0113. The molecule has 5 amide bonds. The molecule has 6 N–H and O–H groups in total. The first-order valence-corrected chi connectivity index (χ1v) is 30.7. The van der Waals surface area contributed by atoms with Gasteiger partial charge < -0.3 is 60.0 Å². The number of carbonyl (C=O) groups is 8. The number of carboxylic acid groups (broad SMARTS) is 1. The van der Waals surface area contributed by atoms with E-state index in [2.05, 4.69) is 34.7 Å². The van der Waals surface area contributed by atoms with Gasteiger partial charge in [-0.1, -0.05) is 104 Å². The summed E-state index contributed by atoms with van der Waals surface area (Å²) in [7, 11) is 0. The van der Waals surface area contributed by atoms with Crippen molar-refractivity contribution in [2.24, 2.45) is 34.0 Å². The maximum Gasteiger partial charge on any atom is 0.410 e. The number of aliphatic carboxylic acids is 1. The van der Waals surface area contributed by atoms with E-state index in [9.17, 15) is 53.7 Å². The summed E-state index contributed by atoms with van der Waals surface area (Å²) in [5.74, 6) is 2.27. The zero-order chi connectivity index (χ0) is 62.4. The van der Waals surface area contributed by atoms with E-state index >= 15 is 0 Å². The maximum absolute atomic E-state index is 14.0. The number of ether oxygens (including phenoxy) is 4. The molecule has 6 fully saturated rings. The Hall–Kier alpha value is -8.32. The van der Waals surface area contributed by atoms with Gasteiger partial charge in [-0.15, -0.1) is 0 Å².